The second kappa shape index (κ2) is 7.02. The maximum Gasteiger partial charge on any atom is 0.243 e. The molecule has 0 bridgehead atoms. The van der Waals surface area contributed by atoms with Crippen molar-refractivity contribution in [2.24, 2.45) is 0 Å². The van der Waals surface area contributed by atoms with Crippen LogP contribution in [-0.4, -0.2) is 34.3 Å². The van der Waals surface area contributed by atoms with Crippen LogP contribution in [0.2, 0.25) is 0 Å². The van der Waals surface area contributed by atoms with Crippen molar-refractivity contribution in [2.45, 2.75) is 58.5 Å². The molecule has 2 amide bonds. The van der Waals surface area contributed by atoms with Gasteiger partial charge in [-0.3, -0.25) is 9.59 Å². The first-order valence-electron chi connectivity index (χ1n) is 7.59. The summed E-state index contributed by atoms with van der Waals surface area (Å²) >= 11 is 1.61. The Bertz CT molecular complexity index is 515. The van der Waals surface area contributed by atoms with Crippen molar-refractivity contribution in [2.75, 3.05) is 6.54 Å². The Hall–Kier alpha value is -1.43. The van der Waals surface area contributed by atoms with Crippen molar-refractivity contribution in [3.63, 3.8) is 0 Å². The van der Waals surface area contributed by atoms with Crippen LogP contribution in [0.25, 0.3) is 0 Å². The largest absolute Gasteiger partial charge is 0.345 e. The number of hydrogen-bond donors (Lipinski definition) is 1. The predicted molar refractivity (Wildman–Crippen MR) is 83.1 cm³/mol. The number of nitrogens with zero attached hydrogens (tertiary/aromatic N) is 2. The summed E-state index contributed by atoms with van der Waals surface area (Å²) in [4.78, 5) is 31.6. The summed E-state index contributed by atoms with van der Waals surface area (Å²) in [6.45, 7) is 6.68. The quantitative estimate of drug-likeness (QED) is 0.878. The second-order valence-electron chi connectivity index (χ2n) is 5.39. The van der Waals surface area contributed by atoms with Crippen molar-refractivity contribution in [3.8, 4) is 0 Å². The highest BCUT2D eigenvalue weighted by atomic mass is 32.1. The molecule has 0 aliphatic carbocycles. The van der Waals surface area contributed by atoms with E-state index in [-0.39, 0.29) is 23.9 Å². The Kier molecular flexibility index (Phi) is 5.33. The maximum atomic E-state index is 12.5. The van der Waals surface area contributed by atoms with E-state index < -0.39 is 0 Å². The van der Waals surface area contributed by atoms with Crippen LogP contribution >= 0.6 is 11.3 Å². The second-order valence-corrected chi connectivity index (χ2v) is 6.66. The minimum absolute atomic E-state index is 0.0625. The minimum atomic E-state index is -0.352. The van der Waals surface area contributed by atoms with Gasteiger partial charge in [-0.05, 0) is 26.2 Å². The lowest BCUT2D eigenvalue weighted by atomic mass is 10.1. The van der Waals surface area contributed by atoms with Crippen LogP contribution in [0.15, 0.2) is 6.20 Å². The molecule has 1 N–H and O–H groups in total. The Balaban J connectivity index is 2.05. The Morgan fingerprint density at radius 1 is 1.48 bits per heavy atom. The van der Waals surface area contributed by atoms with E-state index in [1.54, 1.807) is 16.2 Å². The Morgan fingerprint density at radius 3 is 2.71 bits per heavy atom. The highest BCUT2D eigenvalue weighted by Crippen LogP contribution is 2.23. The van der Waals surface area contributed by atoms with Gasteiger partial charge in [0.15, 0.2) is 0 Å². The van der Waals surface area contributed by atoms with Gasteiger partial charge in [-0.1, -0.05) is 13.8 Å². The van der Waals surface area contributed by atoms with Crippen molar-refractivity contribution in [3.05, 3.63) is 16.1 Å². The van der Waals surface area contributed by atoms with Gasteiger partial charge >= 0.3 is 0 Å². The van der Waals surface area contributed by atoms with Crippen molar-refractivity contribution >= 4 is 23.2 Å². The molecule has 1 aromatic heterocycles. The normalized spacial score (nSPS) is 17.9. The fraction of sp³-hybridized carbons (Fsp3) is 0.667. The van der Waals surface area contributed by atoms with Crippen molar-refractivity contribution in [1.82, 2.24) is 15.2 Å². The molecular formula is C15H23N3O2S. The van der Waals surface area contributed by atoms with Gasteiger partial charge in [0.2, 0.25) is 11.8 Å². The van der Waals surface area contributed by atoms with Gasteiger partial charge in [0, 0.05) is 24.0 Å². The zero-order chi connectivity index (χ0) is 15.4. The van der Waals surface area contributed by atoms with Gasteiger partial charge in [0.1, 0.15) is 11.0 Å². The molecule has 0 spiro atoms. The summed E-state index contributed by atoms with van der Waals surface area (Å²) in [6.07, 6.45) is 4.68. The number of aromatic nitrogens is 1. The van der Waals surface area contributed by atoms with Crippen LogP contribution in [0, 0.1) is 6.92 Å². The van der Waals surface area contributed by atoms with E-state index in [9.17, 15) is 9.59 Å². The highest BCUT2D eigenvalue weighted by molar-refractivity contribution is 7.11. The summed E-state index contributed by atoms with van der Waals surface area (Å²) in [7, 11) is 0. The summed E-state index contributed by atoms with van der Waals surface area (Å²) in [6, 6.07) is -0.418. The number of likely N-dealkylation sites (tertiary alicyclic amines) is 1. The Labute approximate surface area is 129 Å². The summed E-state index contributed by atoms with van der Waals surface area (Å²) < 4.78 is 0. The van der Waals surface area contributed by atoms with Gasteiger partial charge in [-0.2, -0.15) is 0 Å². The number of carbonyl (C=O) groups excluding carboxylic acids is 2. The molecule has 2 rings (SSSR count). The lowest BCUT2D eigenvalue weighted by Crippen LogP contribution is -2.48. The molecule has 1 aromatic rings. The van der Waals surface area contributed by atoms with E-state index in [0.717, 1.165) is 22.7 Å². The molecule has 0 radical (unpaired) electrons. The molecule has 0 unspecified atom stereocenters. The molecule has 1 fully saturated rings. The van der Waals surface area contributed by atoms with Crippen LogP contribution in [0.5, 0.6) is 0 Å². The van der Waals surface area contributed by atoms with E-state index in [1.165, 1.54) is 0 Å². The molecule has 5 nitrogen and oxygen atoms in total. The summed E-state index contributed by atoms with van der Waals surface area (Å²) in [5, 5.41) is 4.00. The fourth-order valence-electron chi connectivity index (χ4n) is 2.69. The lowest BCUT2D eigenvalue weighted by molar-refractivity contribution is -0.137. The average molecular weight is 309 g/mol. The number of aryl methyl sites for hydroxylation is 1. The molecule has 0 saturated carbocycles. The highest BCUT2D eigenvalue weighted by Gasteiger charge is 2.32. The molecule has 0 aromatic carbocycles. The first-order chi connectivity index (χ1) is 10.1. The van der Waals surface area contributed by atoms with E-state index in [0.29, 0.717) is 19.4 Å². The number of amides is 2. The van der Waals surface area contributed by atoms with Crippen LogP contribution in [0.1, 0.15) is 55.5 Å². The van der Waals surface area contributed by atoms with Crippen LogP contribution < -0.4 is 5.32 Å². The third-order valence-corrected chi connectivity index (χ3v) is 4.86. The predicted octanol–water partition coefficient (Wildman–Crippen LogP) is 2.42. The minimum Gasteiger partial charge on any atom is -0.345 e. The molecule has 2 heterocycles. The standard InChI is InChI=1S/C15H23N3O2S/c1-4-11(15-16-9-10(3)21-15)17-14(20)12(5-2)18-8-6-7-13(18)19/h9,11-12H,4-8H2,1-3H3,(H,17,20)/t11-,12+/m0/s1. The monoisotopic (exact) mass is 309 g/mol. The smallest absolute Gasteiger partial charge is 0.243 e. The molecule has 1 aliphatic heterocycles. The molecule has 6 heteroatoms. The van der Waals surface area contributed by atoms with E-state index in [2.05, 4.69) is 10.3 Å². The molecule has 1 aliphatic rings. The first kappa shape index (κ1) is 15.9. The zero-order valence-corrected chi connectivity index (χ0v) is 13.7. The fourth-order valence-corrected chi connectivity index (χ4v) is 3.59. The van der Waals surface area contributed by atoms with Gasteiger partial charge in [0.05, 0.1) is 6.04 Å². The molecule has 116 valence electrons. The molecule has 21 heavy (non-hydrogen) atoms. The van der Waals surface area contributed by atoms with E-state index in [4.69, 9.17) is 0 Å². The van der Waals surface area contributed by atoms with Gasteiger partial charge in [0.25, 0.3) is 0 Å². The Morgan fingerprint density at radius 2 is 2.24 bits per heavy atom. The van der Waals surface area contributed by atoms with Crippen LogP contribution in [-0.2, 0) is 9.59 Å². The molecular weight excluding hydrogens is 286 g/mol. The van der Waals surface area contributed by atoms with Crippen molar-refractivity contribution < 1.29 is 9.59 Å². The van der Waals surface area contributed by atoms with Gasteiger partial charge < -0.3 is 10.2 Å². The number of thiazole rings is 1. The maximum absolute atomic E-state index is 12.5. The summed E-state index contributed by atoms with van der Waals surface area (Å²) in [5.74, 6) is 0.0302. The van der Waals surface area contributed by atoms with E-state index >= 15 is 0 Å². The van der Waals surface area contributed by atoms with Crippen molar-refractivity contribution in [1.29, 1.82) is 0 Å². The third-order valence-electron chi connectivity index (χ3n) is 3.84. The third kappa shape index (κ3) is 3.61. The topological polar surface area (TPSA) is 62.3 Å². The van der Waals surface area contributed by atoms with Crippen LogP contribution in [0.3, 0.4) is 0 Å². The lowest BCUT2D eigenvalue weighted by Gasteiger charge is -2.27. The van der Waals surface area contributed by atoms with Gasteiger partial charge in [-0.15, -0.1) is 11.3 Å². The number of carbonyl (C=O) groups is 2. The number of hydrogen-bond acceptors (Lipinski definition) is 4. The van der Waals surface area contributed by atoms with Crippen LogP contribution in [0.4, 0.5) is 0 Å². The zero-order valence-electron chi connectivity index (χ0n) is 12.9. The number of rotatable bonds is 6. The number of nitrogens with one attached hydrogen (secondary N) is 1. The van der Waals surface area contributed by atoms with E-state index in [1.807, 2.05) is 27.0 Å². The molecule has 1 saturated heterocycles. The first-order valence-corrected chi connectivity index (χ1v) is 8.40. The molecule has 2 atom stereocenters. The SMILES string of the molecule is CC[C@H](NC(=O)[C@@H](CC)N1CCCC1=O)c1ncc(C)s1. The average Bonchev–Trinajstić information content (AvgIpc) is 3.06. The van der Waals surface area contributed by atoms with Gasteiger partial charge in [-0.25, -0.2) is 4.98 Å². The summed E-state index contributed by atoms with van der Waals surface area (Å²) in [5.41, 5.74) is 0.